The maximum atomic E-state index is 13.3. The number of ether oxygens (including phenoxy) is 2. The van der Waals surface area contributed by atoms with Crippen molar-refractivity contribution in [2.45, 2.75) is 38.0 Å². The number of benzene rings is 2. The molecule has 0 spiro atoms. The van der Waals surface area contributed by atoms with E-state index < -0.39 is 0 Å². The lowest BCUT2D eigenvalue weighted by molar-refractivity contribution is 0.330. The maximum Gasteiger partial charge on any atom is 0.282 e. The highest BCUT2D eigenvalue weighted by atomic mass is 79.9. The van der Waals surface area contributed by atoms with Crippen LogP contribution in [-0.2, 0) is 0 Å². The number of hydrogen-bond acceptors (Lipinski definition) is 5. The molecular formula is C25H24BrN3O3. The molecule has 1 saturated carbocycles. The van der Waals surface area contributed by atoms with Gasteiger partial charge < -0.3 is 9.47 Å². The van der Waals surface area contributed by atoms with E-state index in [1.165, 1.54) is 11.1 Å². The second kappa shape index (κ2) is 10.0. The highest BCUT2D eigenvalue weighted by molar-refractivity contribution is 9.10. The van der Waals surface area contributed by atoms with Crippen molar-refractivity contribution in [3.63, 3.8) is 0 Å². The molecule has 0 N–H and O–H groups in total. The normalized spacial score (nSPS) is 14.5. The first-order valence-corrected chi connectivity index (χ1v) is 11.4. The number of terminal acetylenes is 1. The summed E-state index contributed by atoms with van der Waals surface area (Å²) in [6.45, 7) is 0.138. The molecule has 6 nitrogen and oxygen atoms in total. The molecule has 7 heteroatoms. The SMILES string of the molecule is C#CCOc1cc(Br)c(C=Nn2c(C3CCCCC3)nc3ccccc3c2=O)cc1OC. The van der Waals surface area contributed by atoms with Gasteiger partial charge in [0.1, 0.15) is 12.4 Å². The lowest BCUT2D eigenvalue weighted by atomic mass is 9.88. The summed E-state index contributed by atoms with van der Waals surface area (Å²) in [6, 6.07) is 11.0. The largest absolute Gasteiger partial charge is 0.493 e. The summed E-state index contributed by atoms with van der Waals surface area (Å²) < 4.78 is 13.2. The fraction of sp³-hybridized carbons (Fsp3) is 0.320. The van der Waals surface area contributed by atoms with Gasteiger partial charge in [0.15, 0.2) is 11.5 Å². The predicted molar refractivity (Wildman–Crippen MR) is 130 cm³/mol. The van der Waals surface area contributed by atoms with E-state index in [1.54, 1.807) is 31.5 Å². The van der Waals surface area contributed by atoms with E-state index in [9.17, 15) is 4.79 Å². The van der Waals surface area contributed by atoms with Crippen LogP contribution in [0.5, 0.6) is 11.5 Å². The molecule has 0 unspecified atom stereocenters. The Bertz CT molecular complexity index is 1250. The topological polar surface area (TPSA) is 65.7 Å². The number of halogens is 1. The predicted octanol–water partition coefficient (Wildman–Crippen LogP) is 5.11. The number of fused-ring (bicyclic) bond motifs is 1. The monoisotopic (exact) mass is 493 g/mol. The molecule has 0 aliphatic heterocycles. The first kappa shape index (κ1) is 22.1. The standard InChI is InChI=1S/C25H24BrN3O3/c1-3-13-32-23-15-20(26)18(14-22(23)31-2)16-27-29-24(17-9-5-4-6-10-17)28-21-12-8-7-11-19(21)25(29)30/h1,7-8,11-12,14-17H,4-6,9-10,13H2,2H3. The van der Waals surface area contributed by atoms with Crippen molar-refractivity contribution in [3.8, 4) is 23.8 Å². The lowest BCUT2D eigenvalue weighted by Crippen LogP contribution is -2.25. The molecule has 164 valence electrons. The number of rotatable bonds is 6. The van der Waals surface area contributed by atoms with Crippen molar-refractivity contribution in [2.24, 2.45) is 5.10 Å². The number of aromatic nitrogens is 2. The third-order valence-electron chi connectivity index (χ3n) is 5.66. The van der Waals surface area contributed by atoms with Crippen LogP contribution in [-0.4, -0.2) is 29.6 Å². The minimum Gasteiger partial charge on any atom is -0.493 e. The zero-order valence-corrected chi connectivity index (χ0v) is 19.5. The Balaban J connectivity index is 1.79. The molecule has 1 aromatic heterocycles. The smallest absolute Gasteiger partial charge is 0.282 e. The highest BCUT2D eigenvalue weighted by Crippen LogP contribution is 2.34. The van der Waals surface area contributed by atoms with Gasteiger partial charge in [0.25, 0.3) is 5.56 Å². The molecular weight excluding hydrogens is 470 g/mol. The molecule has 0 amide bonds. The molecule has 1 aliphatic rings. The molecule has 1 heterocycles. The summed E-state index contributed by atoms with van der Waals surface area (Å²) in [5.74, 6) is 4.44. The molecule has 0 radical (unpaired) electrons. The first-order chi connectivity index (χ1) is 15.6. The van der Waals surface area contributed by atoms with Crippen molar-refractivity contribution < 1.29 is 9.47 Å². The molecule has 32 heavy (non-hydrogen) atoms. The Morgan fingerprint density at radius 3 is 2.78 bits per heavy atom. The van der Waals surface area contributed by atoms with E-state index in [2.05, 4.69) is 27.0 Å². The zero-order chi connectivity index (χ0) is 22.5. The van der Waals surface area contributed by atoms with E-state index in [0.717, 1.165) is 41.5 Å². The minimum atomic E-state index is -0.163. The average Bonchev–Trinajstić information content (AvgIpc) is 2.83. The van der Waals surface area contributed by atoms with Crippen LogP contribution in [0.1, 0.15) is 49.4 Å². The fourth-order valence-corrected chi connectivity index (χ4v) is 4.46. The summed E-state index contributed by atoms with van der Waals surface area (Å²) in [7, 11) is 1.56. The van der Waals surface area contributed by atoms with Gasteiger partial charge in [-0.1, -0.05) is 37.3 Å². The van der Waals surface area contributed by atoms with Crippen LogP contribution in [0.15, 0.2) is 50.8 Å². The van der Waals surface area contributed by atoms with Crippen molar-refractivity contribution in [3.05, 3.63) is 62.6 Å². The molecule has 0 atom stereocenters. The first-order valence-electron chi connectivity index (χ1n) is 10.6. The third kappa shape index (κ3) is 4.56. The maximum absolute atomic E-state index is 13.3. The molecule has 4 rings (SSSR count). The van der Waals surface area contributed by atoms with Crippen molar-refractivity contribution in [1.29, 1.82) is 0 Å². The van der Waals surface area contributed by atoms with Crippen molar-refractivity contribution in [1.82, 2.24) is 9.66 Å². The molecule has 2 aromatic carbocycles. The summed E-state index contributed by atoms with van der Waals surface area (Å²) >= 11 is 3.55. The van der Waals surface area contributed by atoms with Gasteiger partial charge in [-0.2, -0.15) is 9.78 Å². The Kier molecular flexibility index (Phi) is 6.91. The van der Waals surface area contributed by atoms with Gasteiger partial charge >= 0.3 is 0 Å². The van der Waals surface area contributed by atoms with Gasteiger partial charge in [0, 0.05) is 16.0 Å². The number of hydrogen-bond donors (Lipinski definition) is 0. The lowest BCUT2D eigenvalue weighted by Gasteiger charge is -2.22. The van der Waals surface area contributed by atoms with Crippen molar-refractivity contribution in [2.75, 3.05) is 13.7 Å². The van der Waals surface area contributed by atoms with Crippen LogP contribution in [0, 0.1) is 12.3 Å². The summed E-state index contributed by atoms with van der Waals surface area (Å²) in [5, 5.41) is 5.14. The molecule has 0 bridgehead atoms. The molecule has 3 aromatic rings. The van der Waals surface area contributed by atoms with E-state index in [0.29, 0.717) is 22.4 Å². The van der Waals surface area contributed by atoms with Crippen molar-refractivity contribution >= 4 is 33.0 Å². The summed E-state index contributed by atoms with van der Waals surface area (Å²) in [5.41, 5.74) is 1.29. The van der Waals surface area contributed by atoms with Crippen LogP contribution in [0.25, 0.3) is 10.9 Å². The molecule has 1 fully saturated rings. The number of para-hydroxylation sites is 1. The Labute approximate surface area is 195 Å². The Morgan fingerprint density at radius 2 is 2.03 bits per heavy atom. The fourth-order valence-electron chi connectivity index (χ4n) is 4.04. The number of nitrogens with zero attached hydrogens (tertiary/aromatic N) is 3. The molecule has 0 saturated heterocycles. The van der Waals surface area contributed by atoms with Gasteiger partial charge in [-0.05, 0) is 53.0 Å². The van der Waals surface area contributed by atoms with Crippen LogP contribution in [0.2, 0.25) is 0 Å². The van der Waals surface area contributed by atoms with Gasteiger partial charge in [-0.25, -0.2) is 4.98 Å². The van der Waals surface area contributed by atoms with E-state index in [-0.39, 0.29) is 18.1 Å². The van der Waals surface area contributed by atoms with Gasteiger partial charge in [0.05, 0.1) is 24.2 Å². The highest BCUT2D eigenvalue weighted by Gasteiger charge is 2.22. The zero-order valence-electron chi connectivity index (χ0n) is 17.9. The average molecular weight is 494 g/mol. The second-order valence-electron chi connectivity index (χ2n) is 7.70. The van der Waals surface area contributed by atoms with E-state index in [1.807, 2.05) is 18.2 Å². The van der Waals surface area contributed by atoms with Gasteiger partial charge in [-0.3, -0.25) is 4.79 Å². The van der Waals surface area contributed by atoms with Crippen LogP contribution in [0.3, 0.4) is 0 Å². The van der Waals surface area contributed by atoms with E-state index in [4.69, 9.17) is 20.9 Å². The quantitative estimate of drug-likeness (QED) is 0.353. The van der Waals surface area contributed by atoms with Crippen LogP contribution >= 0.6 is 15.9 Å². The van der Waals surface area contributed by atoms with Crippen LogP contribution in [0.4, 0.5) is 0 Å². The Morgan fingerprint density at radius 1 is 1.25 bits per heavy atom. The van der Waals surface area contributed by atoms with Crippen LogP contribution < -0.4 is 15.0 Å². The third-order valence-corrected chi connectivity index (χ3v) is 6.34. The summed E-state index contributed by atoms with van der Waals surface area (Å²) in [6.07, 6.45) is 12.5. The van der Waals surface area contributed by atoms with Gasteiger partial charge in [-0.15, -0.1) is 6.42 Å². The Hall–Kier alpha value is -3.11. The van der Waals surface area contributed by atoms with Gasteiger partial charge in [0.2, 0.25) is 0 Å². The minimum absolute atomic E-state index is 0.138. The summed E-state index contributed by atoms with van der Waals surface area (Å²) in [4.78, 5) is 18.2. The second-order valence-corrected chi connectivity index (χ2v) is 8.56. The number of methoxy groups -OCH3 is 1. The van der Waals surface area contributed by atoms with E-state index >= 15 is 0 Å². The molecule has 1 aliphatic carbocycles.